The second kappa shape index (κ2) is 10.6. The van der Waals surface area contributed by atoms with Crippen molar-refractivity contribution in [3.05, 3.63) is 64.2 Å². The number of carbonyl (C=O) groups is 2. The van der Waals surface area contributed by atoms with Gasteiger partial charge in [0, 0.05) is 24.0 Å². The molecule has 1 fully saturated rings. The number of para-hydroxylation sites is 1. The van der Waals surface area contributed by atoms with Crippen molar-refractivity contribution in [2.24, 2.45) is 11.1 Å². The van der Waals surface area contributed by atoms with Gasteiger partial charge in [0.05, 0.1) is 10.5 Å². The minimum absolute atomic E-state index is 0.00813. The summed E-state index contributed by atoms with van der Waals surface area (Å²) >= 11 is 0. The number of carbonyl (C=O) groups excluding carboxylic acids is 2. The summed E-state index contributed by atoms with van der Waals surface area (Å²) in [6.07, 6.45) is 5.56. The van der Waals surface area contributed by atoms with Crippen LogP contribution in [0, 0.1) is 16.0 Å². The molecule has 0 aromatic heterocycles. The molecular formula is C24H26N2O5. The molecule has 1 aliphatic carbocycles. The largest absolute Gasteiger partial charge is 0.335 e. The number of unbranched alkanes of at least 4 members (excludes halogenated alkanes) is 1. The number of nitro benzene ring substituents is 1. The second-order valence-electron chi connectivity index (χ2n) is 7.71. The van der Waals surface area contributed by atoms with Gasteiger partial charge in [0.15, 0.2) is 0 Å². The van der Waals surface area contributed by atoms with Crippen LogP contribution in [0.15, 0.2) is 53.7 Å². The van der Waals surface area contributed by atoms with E-state index >= 15 is 0 Å². The van der Waals surface area contributed by atoms with Crippen molar-refractivity contribution >= 4 is 23.2 Å². The van der Waals surface area contributed by atoms with Crippen molar-refractivity contribution < 1.29 is 19.3 Å². The van der Waals surface area contributed by atoms with Crippen LogP contribution in [0.25, 0.3) is 11.1 Å². The number of oxime groups is 1. The molecule has 1 saturated carbocycles. The maximum atomic E-state index is 13.2. The first kappa shape index (κ1) is 22.3. The van der Waals surface area contributed by atoms with Crippen LogP contribution in [0.2, 0.25) is 0 Å². The van der Waals surface area contributed by atoms with Gasteiger partial charge in [-0.25, -0.2) is 4.79 Å². The summed E-state index contributed by atoms with van der Waals surface area (Å²) in [5.41, 5.74) is 1.84. The quantitative estimate of drug-likeness (QED) is 0.169. The van der Waals surface area contributed by atoms with Crippen molar-refractivity contribution in [3.63, 3.8) is 0 Å². The molecule has 31 heavy (non-hydrogen) atoms. The molecular weight excluding hydrogens is 396 g/mol. The van der Waals surface area contributed by atoms with Crippen LogP contribution < -0.4 is 0 Å². The van der Waals surface area contributed by atoms with Crippen molar-refractivity contribution in [2.75, 3.05) is 0 Å². The van der Waals surface area contributed by atoms with Gasteiger partial charge in [-0.15, -0.1) is 0 Å². The Kier molecular flexibility index (Phi) is 7.65. The van der Waals surface area contributed by atoms with E-state index in [1.54, 1.807) is 42.5 Å². The predicted octanol–water partition coefficient (Wildman–Crippen LogP) is 5.72. The van der Waals surface area contributed by atoms with Gasteiger partial charge in [0.2, 0.25) is 5.78 Å². The number of nitro groups is 1. The molecule has 0 N–H and O–H groups in total. The Morgan fingerprint density at radius 3 is 2.42 bits per heavy atom. The van der Waals surface area contributed by atoms with Gasteiger partial charge in [-0.05, 0) is 30.9 Å². The summed E-state index contributed by atoms with van der Waals surface area (Å²) in [7, 11) is 0. The predicted molar refractivity (Wildman–Crippen MR) is 118 cm³/mol. The number of hydrogen-bond donors (Lipinski definition) is 0. The number of hydrogen-bond acceptors (Lipinski definition) is 6. The topological polar surface area (TPSA) is 98.9 Å². The number of Topliss-reactive ketones (excluding diaryl/α,β-unsaturated/α-hetero) is 1. The molecule has 0 atom stereocenters. The molecule has 0 spiro atoms. The molecule has 2 aromatic rings. The van der Waals surface area contributed by atoms with Crippen LogP contribution >= 0.6 is 0 Å². The van der Waals surface area contributed by atoms with E-state index in [9.17, 15) is 19.7 Å². The van der Waals surface area contributed by atoms with Gasteiger partial charge in [-0.1, -0.05) is 67.7 Å². The van der Waals surface area contributed by atoms with Crippen LogP contribution in [0.5, 0.6) is 0 Å². The fourth-order valence-corrected chi connectivity index (χ4v) is 3.79. The monoisotopic (exact) mass is 422 g/mol. The second-order valence-corrected chi connectivity index (χ2v) is 7.71. The summed E-state index contributed by atoms with van der Waals surface area (Å²) in [5.74, 6) is -0.734. The zero-order valence-corrected chi connectivity index (χ0v) is 17.6. The van der Waals surface area contributed by atoms with Gasteiger partial charge < -0.3 is 4.84 Å². The molecule has 3 rings (SSSR count). The van der Waals surface area contributed by atoms with Crippen molar-refractivity contribution in [3.8, 4) is 11.1 Å². The van der Waals surface area contributed by atoms with Gasteiger partial charge in [0.1, 0.15) is 5.71 Å². The molecule has 0 unspecified atom stereocenters. The Hall–Kier alpha value is -3.35. The average molecular weight is 422 g/mol. The molecule has 162 valence electrons. The fraction of sp³-hybridized carbons (Fsp3) is 0.375. The smallest absolute Gasteiger partial charge is 0.318 e. The molecule has 1 aliphatic rings. The lowest BCUT2D eigenvalue weighted by Gasteiger charge is -2.12. The van der Waals surface area contributed by atoms with Crippen LogP contribution in [-0.2, 0) is 9.63 Å². The van der Waals surface area contributed by atoms with Crippen molar-refractivity contribution in [1.29, 1.82) is 0 Å². The molecule has 7 heteroatoms. The Balaban J connectivity index is 1.83. The third kappa shape index (κ3) is 5.63. The number of ketones is 1. The lowest BCUT2D eigenvalue weighted by molar-refractivity contribution is -0.384. The van der Waals surface area contributed by atoms with E-state index in [0.717, 1.165) is 32.1 Å². The molecule has 2 aromatic carbocycles. The molecule has 0 saturated heterocycles. The van der Waals surface area contributed by atoms with Crippen molar-refractivity contribution in [2.45, 2.75) is 51.9 Å². The van der Waals surface area contributed by atoms with Crippen LogP contribution in [-0.4, -0.2) is 22.4 Å². The molecule has 0 heterocycles. The Bertz CT molecular complexity index is 976. The SMILES string of the molecule is CCCCC(=O)O/N=C(\C(=O)c1ccc(-c2ccccc2[N+](=O)[O-])cc1)C1CCCC1. The number of nitrogens with zero attached hydrogens (tertiary/aromatic N) is 2. The molecule has 0 radical (unpaired) electrons. The number of rotatable bonds is 9. The van der Waals surface area contributed by atoms with E-state index in [1.807, 2.05) is 6.92 Å². The maximum Gasteiger partial charge on any atom is 0.335 e. The highest BCUT2D eigenvalue weighted by atomic mass is 16.7. The minimum atomic E-state index is -0.433. The normalized spacial score (nSPS) is 14.4. The van der Waals surface area contributed by atoms with E-state index in [2.05, 4.69) is 5.16 Å². The molecule has 7 nitrogen and oxygen atoms in total. The minimum Gasteiger partial charge on any atom is -0.318 e. The van der Waals surface area contributed by atoms with Gasteiger partial charge in [-0.2, -0.15) is 0 Å². The first-order chi connectivity index (χ1) is 15.0. The first-order valence-electron chi connectivity index (χ1n) is 10.7. The van der Waals surface area contributed by atoms with Gasteiger partial charge in [0.25, 0.3) is 5.69 Å². The first-order valence-corrected chi connectivity index (χ1v) is 10.7. The van der Waals surface area contributed by atoms with Crippen LogP contribution in [0.3, 0.4) is 0 Å². The summed E-state index contributed by atoms with van der Waals surface area (Å²) in [4.78, 5) is 40.9. The highest BCUT2D eigenvalue weighted by molar-refractivity contribution is 6.46. The summed E-state index contributed by atoms with van der Waals surface area (Å²) < 4.78 is 0. The average Bonchev–Trinajstić information content (AvgIpc) is 3.32. The summed E-state index contributed by atoms with van der Waals surface area (Å²) in [6, 6.07) is 13.1. The lowest BCUT2D eigenvalue weighted by atomic mass is 9.93. The molecule has 0 amide bonds. The van der Waals surface area contributed by atoms with E-state index < -0.39 is 10.9 Å². The van der Waals surface area contributed by atoms with Crippen LogP contribution in [0.4, 0.5) is 5.69 Å². The zero-order valence-electron chi connectivity index (χ0n) is 17.6. The van der Waals surface area contributed by atoms with Crippen LogP contribution in [0.1, 0.15) is 62.2 Å². The third-order valence-corrected chi connectivity index (χ3v) is 5.51. The van der Waals surface area contributed by atoms with E-state index in [0.29, 0.717) is 23.1 Å². The Labute approximate surface area is 181 Å². The summed E-state index contributed by atoms with van der Waals surface area (Å²) in [5, 5.41) is 15.3. The zero-order chi connectivity index (χ0) is 22.2. The van der Waals surface area contributed by atoms with Crippen molar-refractivity contribution in [1.82, 2.24) is 0 Å². The molecule has 0 aliphatic heterocycles. The molecule has 0 bridgehead atoms. The Morgan fingerprint density at radius 1 is 1.10 bits per heavy atom. The highest BCUT2D eigenvalue weighted by Gasteiger charge is 2.28. The van der Waals surface area contributed by atoms with E-state index in [4.69, 9.17) is 4.84 Å². The van der Waals surface area contributed by atoms with Gasteiger partial charge in [-0.3, -0.25) is 14.9 Å². The highest BCUT2D eigenvalue weighted by Crippen LogP contribution is 2.31. The lowest BCUT2D eigenvalue weighted by Crippen LogP contribution is -2.23. The fourth-order valence-electron chi connectivity index (χ4n) is 3.79. The summed E-state index contributed by atoms with van der Waals surface area (Å²) in [6.45, 7) is 1.98. The number of benzene rings is 2. The standard InChI is InChI=1S/C24H26N2O5/c1-2-3-12-22(27)31-25-23(18-8-4-5-9-18)24(28)19-15-13-17(14-16-19)20-10-6-7-11-21(20)26(29)30/h6-7,10-11,13-16,18H,2-5,8-9,12H2,1H3/b25-23-. The third-order valence-electron chi connectivity index (χ3n) is 5.51. The van der Waals surface area contributed by atoms with E-state index in [-0.39, 0.29) is 29.5 Å². The Morgan fingerprint density at radius 2 is 1.77 bits per heavy atom. The van der Waals surface area contributed by atoms with E-state index in [1.165, 1.54) is 6.07 Å². The van der Waals surface area contributed by atoms with Gasteiger partial charge >= 0.3 is 5.97 Å². The maximum absolute atomic E-state index is 13.2.